The van der Waals surface area contributed by atoms with Gasteiger partial charge in [-0.05, 0) is 63.1 Å². The fourth-order valence-corrected chi connectivity index (χ4v) is 5.20. The molecule has 1 aliphatic heterocycles. The Kier molecular flexibility index (Phi) is 5.14. The van der Waals surface area contributed by atoms with E-state index < -0.39 is 20.9 Å². The number of aryl methyl sites for hydroxylation is 2. The van der Waals surface area contributed by atoms with E-state index in [1.165, 1.54) is 12.1 Å². The van der Waals surface area contributed by atoms with Gasteiger partial charge in [0.15, 0.2) is 9.84 Å². The van der Waals surface area contributed by atoms with E-state index >= 15 is 0 Å². The van der Waals surface area contributed by atoms with Crippen LogP contribution in [0.1, 0.15) is 34.3 Å². The van der Waals surface area contributed by atoms with Gasteiger partial charge in [0, 0.05) is 18.7 Å². The molecule has 0 spiro atoms. The minimum Gasteiger partial charge on any atom is -0.339 e. The average Bonchev–Trinajstić information content (AvgIpc) is 2.61. The Morgan fingerprint density at radius 1 is 1.00 bits per heavy atom. The Morgan fingerprint density at radius 3 is 2.08 bits per heavy atom. The first-order valence-corrected chi connectivity index (χ1v) is 10.2. The lowest BCUT2D eigenvalue weighted by Crippen LogP contribution is -2.42. The highest BCUT2D eigenvalue weighted by atomic mass is 32.2. The molecule has 26 heavy (non-hydrogen) atoms. The van der Waals surface area contributed by atoms with Crippen molar-refractivity contribution in [2.75, 3.05) is 13.1 Å². The van der Waals surface area contributed by atoms with Crippen LogP contribution < -0.4 is 0 Å². The Labute approximate surface area is 153 Å². The molecule has 1 heterocycles. The van der Waals surface area contributed by atoms with E-state index in [4.69, 9.17) is 0 Å². The van der Waals surface area contributed by atoms with Gasteiger partial charge in [0.1, 0.15) is 5.82 Å². The van der Waals surface area contributed by atoms with E-state index in [0.717, 1.165) is 23.3 Å². The normalized spacial score (nSPS) is 15.9. The van der Waals surface area contributed by atoms with E-state index in [1.807, 2.05) is 32.0 Å². The second-order valence-electron chi connectivity index (χ2n) is 6.87. The predicted octanol–water partition coefficient (Wildman–Crippen LogP) is 3.52. The summed E-state index contributed by atoms with van der Waals surface area (Å²) in [6.07, 6.45) is 0.770. The molecule has 2 aromatic rings. The predicted molar refractivity (Wildman–Crippen MR) is 98.4 cm³/mol. The Hall–Kier alpha value is -2.21. The monoisotopic (exact) mass is 375 g/mol. The molecule has 3 rings (SSSR count). The van der Waals surface area contributed by atoms with Crippen molar-refractivity contribution in [1.29, 1.82) is 0 Å². The van der Waals surface area contributed by atoms with Crippen LogP contribution in [0.25, 0.3) is 0 Å². The fourth-order valence-electron chi connectivity index (χ4n) is 3.47. The number of rotatable bonds is 3. The first-order valence-electron chi connectivity index (χ1n) is 8.64. The highest BCUT2D eigenvalue weighted by molar-refractivity contribution is 7.92. The lowest BCUT2D eigenvalue weighted by Gasteiger charge is -2.32. The first kappa shape index (κ1) is 18.6. The number of nitrogens with zero attached hydrogens (tertiary/aromatic N) is 1. The largest absolute Gasteiger partial charge is 0.339 e. The van der Waals surface area contributed by atoms with Gasteiger partial charge in [0.2, 0.25) is 0 Å². The molecule has 2 aromatic carbocycles. The summed E-state index contributed by atoms with van der Waals surface area (Å²) in [6, 6.07) is 10.7. The number of likely N-dealkylation sites (tertiary alicyclic amines) is 1. The molecule has 0 radical (unpaired) electrons. The molecule has 1 saturated heterocycles. The molecule has 1 fully saturated rings. The molecule has 0 saturated carbocycles. The smallest absolute Gasteiger partial charge is 0.253 e. The third kappa shape index (κ3) is 3.80. The van der Waals surface area contributed by atoms with Crippen LogP contribution in [0.15, 0.2) is 47.4 Å². The summed E-state index contributed by atoms with van der Waals surface area (Å²) < 4.78 is 38.5. The number of piperidine rings is 1. The van der Waals surface area contributed by atoms with E-state index in [9.17, 15) is 17.6 Å². The summed E-state index contributed by atoms with van der Waals surface area (Å²) in [7, 11) is -3.51. The lowest BCUT2D eigenvalue weighted by atomic mass is 10.0. The number of carbonyl (C=O) groups is 1. The van der Waals surface area contributed by atoms with Crippen molar-refractivity contribution in [2.45, 2.75) is 36.8 Å². The fraction of sp³-hybridized carbons (Fsp3) is 0.350. The molecule has 0 aromatic heterocycles. The third-order valence-corrected chi connectivity index (χ3v) is 7.06. The van der Waals surface area contributed by atoms with Gasteiger partial charge in [0.05, 0.1) is 10.1 Å². The van der Waals surface area contributed by atoms with Crippen LogP contribution in [0.2, 0.25) is 0 Å². The van der Waals surface area contributed by atoms with Gasteiger partial charge < -0.3 is 4.90 Å². The van der Waals surface area contributed by atoms with E-state index in [-0.39, 0.29) is 10.8 Å². The van der Waals surface area contributed by atoms with Gasteiger partial charge in [-0.1, -0.05) is 17.2 Å². The van der Waals surface area contributed by atoms with Crippen molar-refractivity contribution in [2.24, 2.45) is 0 Å². The van der Waals surface area contributed by atoms with E-state index in [1.54, 1.807) is 4.90 Å². The quantitative estimate of drug-likeness (QED) is 0.772. The summed E-state index contributed by atoms with van der Waals surface area (Å²) in [5.41, 5.74) is 2.70. The number of halogens is 1. The van der Waals surface area contributed by atoms with Gasteiger partial charge in [-0.2, -0.15) is 0 Å². The van der Waals surface area contributed by atoms with Crippen molar-refractivity contribution >= 4 is 15.7 Å². The molecule has 6 heteroatoms. The van der Waals surface area contributed by atoms with Gasteiger partial charge in [0.25, 0.3) is 5.91 Å². The topological polar surface area (TPSA) is 54.5 Å². The molecular formula is C20H22FNO3S. The third-order valence-electron chi connectivity index (χ3n) is 4.78. The van der Waals surface area contributed by atoms with Crippen LogP contribution >= 0.6 is 0 Å². The highest BCUT2D eigenvalue weighted by Crippen LogP contribution is 2.26. The van der Waals surface area contributed by atoms with Crippen molar-refractivity contribution in [3.05, 3.63) is 65.0 Å². The minimum absolute atomic E-state index is 0.0607. The molecule has 138 valence electrons. The Bertz CT molecular complexity index is 894. The van der Waals surface area contributed by atoms with E-state index in [2.05, 4.69) is 0 Å². The zero-order valence-corrected chi connectivity index (χ0v) is 15.7. The zero-order chi connectivity index (χ0) is 18.9. The molecule has 1 aliphatic rings. The van der Waals surface area contributed by atoms with Crippen LogP contribution in [-0.2, 0) is 9.84 Å². The summed E-state index contributed by atoms with van der Waals surface area (Å²) in [5.74, 6) is -0.521. The number of carbonyl (C=O) groups excluding carboxylic acids is 1. The summed E-state index contributed by atoms with van der Waals surface area (Å²) >= 11 is 0. The first-order chi connectivity index (χ1) is 12.3. The van der Waals surface area contributed by atoms with Gasteiger partial charge in [-0.3, -0.25) is 4.79 Å². The second-order valence-corrected chi connectivity index (χ2v) is 9.09. The van der Waals surface area contributed by atoms with Gasteiger partial charge >= 0.3 is 0 Å². The SMILES string of the molecule is Cc1cc(C)cc(C(=O)N2CCC(S(=O)(=O)c3ccc(F)cc3)CC2)c1. The van der Waals surface area contributed by atoms with Crippen molar-refractivity contribution in [3.63, 3.8) is 0 Å². The Morgan fingerprint density at radius 2 is 1.54 bits per heavy atom. The summed E-state index contributed by atoms with van der Waals surface area (Å²) in [6.45, 7) is 4.70. The molecule has 0 atom stereocenters. The summed E-state index contributed by atoms with van der Waals surface area (Å²) in [5, 5.41) is -0.545. The Balaban J connectivity index is 1.70. The van der Waals surface area contributed by atoms with Crippen LogP contribution in [0, 0.1) is 19.7 Å². The number of benzene rings is 2. The van der Waals surface area contributed by atoms with Crippen LogP contribution in [0.4, 0.5) is 4.39 Å². The summed E-state index contributed by atoms with van der Waals surface area (Å²) in [4.78, 5) is 14.6. The number of sulfone groups is 1. The van der Waals surface area contributed by atoms with Crippen LogP contribution in [0.3, 0.4) is 0 Å². The average molecular weight is 375 g/mol. The van der Waals surface area contributed by atoms with Crippen LogP contribution in [0.5, 0.6) is 0 Å². The lowest BCUT2D eigenvalue weighted by molar-refractivity contribution is 0.0725. The molecule has 0 bridgehead atoms. The second kappa shape index (κ2) is 7.19. The molecular weight excluding hydrogens is 353 g/mol. The molecule has 0 N–H and O–H groups in total. The van der Waals surface area contributed by atoms with Crippen molar-refractivity contribution < 1.29 is 17.6 Å². The molecule has 0 aliphatic carbocycles. The van der Waals surface area contributed by atoms with Crippen molar-refractivity contribution in [1.82, 2.24) is 4.90 Å². The maximum Gasteiger partial charge on any atom is 0.253 e. The van der Waals surface area contributed by atoms with Crippen LogP contribution in [-0.4, -0.2) is 37.6 Å². The highest BCUT2D eigenvalue weighted by Gasteiger charge is 2.33. The van der Waals surface area contributed by atoms with Gasteiger partial charge in [-0.15, -0.1) is 0 Å². The number of hydrogen-bond donors (Lipinski definition) is 0. The molecule has 1 amide bonds. The zero-order valence-electron chi connectivity index (χ0n) is 14.9. The number of hydrogen-bond acceptors (Lipinski definition) is 3. The maximum atomic E-state index is 13.0. The minimum atomic E-state index is -3.51. The maximum absolute atomic E-state index is 13.0. The van der Waals surface area contributed by atoms with Crippen molar-refractivity contribution in [3.8, 4) is 0 Å². The van der Waals surface area contributed by atoms with Gasteiger partial charge in [-0.25, -0.2) is 12.8 Å². The number of amides is 1. The standard InChI is InChI=1S/C20H22FNO3S/c1-14-11-15(2)13-16(12-14)20(23)22-9-7-19(8-10-22)26(24,25)18-5-3-17(21)4-6-18/h3-6,11-13,19H,7-10H2,1-2H3. The van der Waals surface area contributed by atoms with E-state index in [0.29, 0.717) is 31.5 Å². The molecule has 4 nitrogen and oxygen atoms in total. The molecule has 0 unspecified atom stereocenters.